The van der Waals surface area contributed by atoms with Gasteiger partial charge in [0.25, 0.3) is 5.91 Å². The Labute approximate surface area is 355 Å². The van der Waals surface area contributed by atoms with E-state index in [1.807, 2.05) is 24.3 Å². The van der Waals surface area contributed by atoms with Crippen LogP contribution in [0.5, 0.6) is 11.6 Å². The van der Waals surface area contributed by atoms with Gasteiger partial charge in [0.2, 0.25) is 27.7 Å². The number of amides is 4. The Morgan fingerprint density at radius 3 is 2.52 bits per heavy atom. The van der Waals surface area contributed by atoms with E-state index in [-0.39, 0.29) is 49.8 Å². The monoisotopic (exact) mass is 861 g/mol. The molecule has 3 heterocycles. The molecule has 4 amide bonds. The van der Waals surface area contributed by atoms with Crippen LogP contribution in [0.2, 0.25) is 0 Å². The van der Waals surface area contributed by atoms with Crippen molar-refractivity contribution in [2.45, 2.75) is 125 Å². The van der Waals surface area contributed by atoms with Crippen molar-refractivity contribution in [2.75, 3.05) is 20.3 Å². The van der Waals surface area contributed by atoms with E-state index in [2.05, 4.69) is 28.0 Å². The Kier molecular flexibility index (Phi) is 12.3. The number of esters is 1. The van der Waals surface area contributed by atoms with Crippen molar-refractivity contribution in [2.24, 2.45) is 17.8 Å². The summed E-state index contributed by atoms with van der Waals surface area (Å²) >= 11 is 0. The number of nitrogens with zero attached hydrogens (tertiary/aromatic N) is 2. The molecule has 8 rings (SSSR count). The number of alkyl carbamates (subject to hydrolysis) is 1. The van der Waals surface area contributed by atoms with Crippen LogP contribution in [0.1, 0.15) is 89.0 Å². The largest absolute Gasteiger partial charge is 0.481 e. The summed E-state index contributed by atoms with van der Waals surface area (Å²) in [5.74, 6) is -2.63. The highest BCUT2D eigenvalue weighted by Gasteiger charge is 2.62. The molecule has 0 radical (unpaired) electrons. The van der Waals surface area contributed by atoms with E-state index in [1.54, 1.807) is 6.07 Å². The van der Waals surface area contributed by atoms with Crippen LogP contribution in [0.4, 0.5) is 4.79 Å². The van der Waals surface area contributed by atoms with E-state index in [0.29, 0.717) is 60.7 Å². The van der Waals surface area contributed by atoms with Crippen molar-refractivity contribution in [1.29, 1.82) is 0 Å². The molecule has 2 bridgehead atoms. The first-order chi connectivity index (χ1) is 29.4. The third kappa shape index (κ3) is 9.07. The van der Waals surface area contributed by atoms with Gasteiger partial charge < -0.3 is 34.5 Å². The van der Waals surface area contributed by atoms with E-state index in [9.17, 15) is 32.4 Å². The molecule has 1 aromatic heterocycles. The van der Waals surface area contributed by atoms with Gasteiger partial charge in [-0.2, -0.15) is 0 Å². The molecule has 1 saturated heterocycles. The zero-order chi connectivity index (χ0) is 42.9. The molecule has 1 aromatic carbocycles. The lowest BCUT2D eigenvalue weighted by atomic mass is 9.96. The average Bonchev–Trinajstić information content (AvgIpc) is 4.03. The molecule has 328 valence electrons. The number of hydrogen-bond donors (Lipinski definition) is 3. The minimum Gasteiger partial charge on any atom is -0.481 e. The molecular weight excluding hydrogens is 807 g/mol. The second-order valence-electron chi connectivity index (χ2n) is 17.3. The van der Waals surface area contributed by atoms with Crippen molar-refractivity contribution < 1.29 is 51.3 Å². The Bertz CT molecular complexity index is 2210. The number of aromatic nitrogens is 1. The predicted molar refractivity (Wildman–Crippen MR) is 222 cm³/mol. The van der Waals surface area contributed by atoms with Crippen LogP contribution >= 0.6 is 0 Å². The highest BCUT2D eigenvalue weighted by molar-refractivity contribution is 7.91. The normalized spacial score (nSPS) is 30.0. The van der Waals surface area contributed by atoms with Crippen LogP contribution in [0, 0.1) is 17.8 Å². The highest BCUT2D eigenvalue weighted by Crippen LogP contribution is 2.46. The molecule has 17 heteroatoms. The van der Waals surface area contributed by atoms with Crippen LogP contribution in [-0.2, 0) is 45.1 Å². The Hall–Kier alpha value is -5.19. The van der Waals surface area contributed by atoms with Gasteiger partial charge >= 0.3 is 12.1 Å². The number of hydrogen-bond acceptors (Lipinski definition) is 12. The summed E-state index contributed by atoms with van der Waals surface area (Å²) in [6.07, 6.45) is 12.2. The van der Waals surface area contributed by atoms with Crippen molar-refractivity contribution in [3.8, 4) is 11.6 Å². The van der Waals surface area contributed by atoms with Crippen LogP contribution in [-0.4, -0.2) is 103 Å². The number of carbonyl (C=O) groups is 5. The number of ether oxygens (including phenoxy) is 4. The lowest BCUT2D eigenvalue weighted by Crippen LogP contribution is -2.59. The van der Waals surface area contributed by atoms with Gasteiger partial charge in [0.05, 0.1) is 30.0 Å². The molecule has 0 unspecified atom stereocenters. The van der Waals surface area contributed by atoms with E-state index < -0.39 is 74.7 Å². The number of sulfonamides is 1. The van der Waals surface area contributed by atoms with E-state index in [4.69, 9.17) is 23.9 Å². The summed E-state index contributed by atoms with van der Waals surface area (Å²) in [7, 11) is -2.66. The molecule has 7 atom stereocenters. The molecular formula is C44H55N5O11S. The minimum atomic E-state index is -3.93. The van der Waals surface area contributed by atoms with Gasteiger partial charge in [0.15, 0.2) is 6.61 Å². The number of para-hydroxylation sites is 1. The molecule has 2 aliphatic heterocycles. The van der Waals surface area contributed by atoms with Crippen LogP contribution < -0.4 is 24.8 Å². The Balaban J connectivity index is 1.17. The summed E-state index contributed by atoms with van der Waals surface area (Å²) in [6.45, 7) is 3.37. The number of allylic oxidation sites excluding steroid dienone is 2. The van der Waals surface area contributed by atoms with E-state index in [1.165, 1.54) is 18.1 Å². The topological polar surface area (TPSA) is 209 Å². The number of methoxy groups -OCH3 is 1. The smallest absolute Gasteiger partial charge is 0.408 e. The van der Waals surface area contributed by atoms with Crippen LogP contribution in [0.25, 0.3) is 10.9 Å². The first-order valence-corrected chi connectivity index (χ1v) is 23.2. The molecule has 16 nitrogen and oxygen atoms in total. The predicted octanol–water partition coefficient (Wildman–Crippen LogP) is 4.15. The van der Waals surface area contributed by atoms with Gasteiger partial charge in [-0.1, -0.05) is 43.2 Å². The summed E-state index contributed by atoms with van der Waals surface area (Å²) in [5.41, 5.74) is -0.498. The zero-order valence-electron chi connectivity index (χ0n) is 34.5. The molecule has 61 heavy (non-hydrogen) atoms. The molecule has 4 saturated carbocycles. The fourth-order valence-corrected chi connectivity index (χ4v) is 11.0. The van der Waals surface area contributed by atoms with Crippen molar-refractivity contribution in [3.05, 3.63) is 54.6 Å². The van der Waals surface area contributed by atoms with Crippen LogP contribution in [0.15, 0.2) is 49.1 Å². The van der Waals surface area contributed by atoms with Gasteiger partial charge in [0, 0.05) is 17.7 Å². The van der Waals surface area contributed by atoms with Gasteiger partial charge in [-0.05, 0) is 94.6 Å². The fourth-order valence-electron chi connectivity index (χ4n) is 9.65. The van der Waals surface area contributed by atoms with Crippen molar-refractivity contribution in [1.82, 2.24) is 25.2 Å². The average molecular weight is 862 g/mol. The highest BCUT2D eigenvalue weighted by atomic mass is 32.2. The number of rotatable bonds is 10. The van der Waals surface area contributed by atoms with Crippen molar-refractivity contribution in [3.63, 3.8) is 0 Å². The van der Waals surface area contributed by atoms with Crippen molar-refractivity contribution >= 4 is 50.7 Å². The third-order valence-electron chi connectivity index (χ3n) is 13.3. The van der Waals surface area contributed by atoms with Gasteiger partial charge in [0.1, 0.15) is 35.6 Å². The lowest BCUT2D eigenvalue weighted by molar-refractivity contribution is -0.143. The standard InChI is InChI=1S/C44H55N5O11S/c1-3-28-23-44(28,42(53)48-61(55,56)30-20-21-30)47-39(51)34-22-29-24-49(34)41(52)37(27-13-7-8-14-27)46-43(54)60-35-19-11-15-26(35)12-5-4-6-17-32-38(58-25-36(50)57-2)31-16-9-10-18-33(31)45-40(32)59-29/h3-4,6,9-10,16,18,26-30,34-35,37H,1,5,7-8,11-15,17,19-25H2,2H3,(H,46,54)(H,47,51)(H,48,53)/b6-4+/t26-,28-,29-,34+,35-,37+,44-/m1/s1. The number of nitrogens with one attached hydrogen (secondary N) is 3. The summed E-state index contributed by atoms with van der Waals surface area (Å²) in [5, 5.41) is 5.76. The van der Waals surface area contributed by atoms with Gasteiger partial charge in [-0.15, -0.1) is 6.58 Å². The maximum Gasteiger partial charge on any atom is 0.408 e. The Morgan fingerprint density at radius 2 is 1.79 bits per heavy atom. The number of pyridine rings is 1. The number of benzene rings is 1. The van der Waals surface area contributed by atoms with Crippen LogP contribution in [0.3, 0.4) is 0 Å². The maximum absolute atomic E-state index is 15.0. The zero-order valence-corrected chi connectivity index (χ0v) is 35.3. The lowest BCUT2D eigenvalue weighted by Gasteiger charge is -2.32. The first kappa shape index (κ1) is 42.5. The fraction of sp³-hybridized carbons (Fsp3) is 0.591. The first-order valence-electron chi connectivity index (χ1n) is 21.6. The molecule has 5 fully saturated rings. The Morgan fingerprint density at radius 1 is 1.02 bits per heavy atom. The summed E-state index contributed by atoms with van der Waals surface area (Å²) in [4.78, 5) is 75.6. The third-order valence-corrected chi connectivity index (χ3v) is 15.1. The number of fused-ring (bicyclic) bond motifs is 5. The molecule has 2 aromatic rings. The second kappa shape index (κ2) is 17.7. The van der Waals surface area contributed by atoms with Gasteiger partial charge in [-0.3, -0.25) is 19.1 Å². The quantitative estimate of drug-likeness (QED) is 0.228. The summed E-state index contributed by atoms with van der Waals surface area (Å²) in [6, 6.07) is 5.11. The minimum absolute atomic E-state index is 0.0257. The van der Waals surface area contributed by atoms with Gasteiger partial charge in [-0.25, -0.2) is 23.0 Å². The molecule has 4 aliphatic carbocycles. The number of carbonyl (C=O) groups excluding carboxylic acids is 5. The SMILES string of the molecule is C=C[C@@H]1C[C@]1(NC(=O)[C@@H]1C[C@@H]2CN1C(=O)[C@H](C1CCCC1)NC(=O)O[C@@H]1CCC[C@H]1CC/C=C/Cc1c(nc3ccccc3c1OCC(=O)OC)O2)C(=O)NS(=O)(=O)C1CC1. The summed E-state index contributed by atoms with van der Waals surface area (Å²) < 4.78 is 51.7. The van der Waals surface area contributed by atoms with E-state index >= 15 is 0 Å². The maximum atomic E-state index is 15.0. The molecule has 6 aliphatic rings. The molecule has 3 N–H and O–H groups in total. The second-order valence-corrected chi connectivity index (χ2v) is 19.3. The molecule has 0 spiro atoms. The van der Waals surface area contributed by atoms with E-state index in [0.717, 1.165) is 38.5 Å².